The first-order valence-corrected chi connectivity index (χ1v) is 8.46. The van der Waals surface area contributed by atoms with Crippen molar-refractivity contribution in [3.63, 3.8) is 0 Å². The Balaban J connectivity index is 2.35. The van der Waals surface area contributed by atoms with Crippen molar-refractivity contribution in [1.29, 1.82) is 0 Å². The molecule has 0 amide bonds. The molecule has 0 aromatic heterocycles. The fraction of sp³-hybridized carbons (Fsp3) is 0.250. The molecule has 1 N–H and O–H groups in total. The summed E-state index contributed by atoms with van der Waals surface area (Å²) in [5.74, 6) is -1.56. The molecule has 0 aliphatic rings. The van der Waals surface area contributed by atoms with Crippen molar-refractivity contribution in [3.8, 4) is 11.5 Å². The van der Waals surface area contributed by atoms with Crippen LogP contribution >= 0.6 is 0 Å². The monoisotopic (exact) mass is 357 g/mol. The first kappa shape index (κ1) is 18.2. The molecule has 24 heavy (non-hydrogen) atoms. The average molecular weight is 357 g/mol. The number of methoxy groups -OCH3 is 2. The van der Waals surface area contributed by atoms with E-state index in [2.05, 4.69) is 4.72 Å². The van der Waals surface area contributed by atoms with Crippen LogP contribution in [-0.4, -0.2) is 22.6 Å². The number of ether oxygens (including phenoxy) is 2. The summed E-state index contributed by atoms with van der Waals surface area (Å²) in [4.78, 5) is -0.112. The Morgan fingerprint density at radius 1 is 1.00 bits per heavy atom. The zero-order chi connectivity index (χ0) is 17.9. The highest BCUT2D eigenvalue weighted by molar-refractivity contribution is 7.89. The Morgan fingerprint density at radius 3 is 2.29 bits per heavy atom. The van der Waals surface area contributed by atoms with E-state index in [1.807, 2.05) is 0 Å². The van der Waals surface area contributed by atoms with Crippen LogP contribution in [-0.2, 0) is 10.0 Å². The van der Waals surface area contributed by atoms with Crippen molar-refractivity contribution in [2.75, 3.05) is 14.2 Å². The lowest BCUT2D eigenvalue weighted by atomic mass is 10.1. The van der Waals surface area contributed by atoms with E-state index in [9.17, 15) is 17.2 Å². The molecule has 0 bridgehead atoms. The van der Waals surface area contributed by atoms with E-state index in [0.29, 0.717) is 11.3 Å². The van der Waals surface area contributed by atoms with Gasteiger partial charge >= 0.3 is 0 Å². The van der Waals surface area contributed by atoms with Crippen molar-refractivity contribution in [2.24, 2.45) is 0 Å². The van der Waals surface area contributed by atoms with Crippen LogP contribution < -0.4 is 14.2 Å². The number of sulfonamides is 1. The quantitative estimate of drug-likeness (QED) is 0.863. The molecule has 0 heterocycles. The summed E-state index contributed by atoms with van der Waals surface area (Å²) < 4.78 is 64.0. The van der Waals surface area contributed by atoms with E-state index in [1.54, 1.807) is 6.07 Å². The molecule has 0 saturated heterocycles. The highest BCUT2D eigenvalue weighted by Crippen LogP contribution is 2.29. The molecule has 2 rings (SSSR count). The van der Waals surface area contributed by atoms with Crippen LogP contribution in [0.25, 0.3) is 0 Å². The molecule has 0 radical (unpaired) electrons. The van der Waals surface area contributed by atoms with Gasteiger partial charge < -0.3 is 9.47 Å². The van der Waals surface area contributed by atoms with Gasteiger partial charge in [-0.25, -0.2) is 21.9 Å². The molecule has 2 aromatic rings. The maximum absolute atomic E-state index is 13.3. The lowest BCUT2D eigenvalue weighted by Gasteiger charge is -2.17. The molecular formula is C16H17F2NO4S. The number of hydrogen-bond acceptors (Lipinski definition) is 4. The van der Waals surface area contributed by atoms with Crippen molar-refractivity contribution in [3.05, 3.63) is 53.6 Å². The first-order chi connectivity index (χ1) is 11.3. The summed E-state index contributed by atoms with van der Waals surface area (Å²) in [6.07, 6.45) is 0. The van der Waals surface area contributed by atoms with Gasteiger partial charge in [0.2, 0.25) is 10.0 Å². The molecule has 8 heteroatoms. The largest absolute Gasteiger partial charge is 0.497 e. The van der Waals surface area contributed by atoms with E-state index in [-0.39, 0.29) is 10.6 Å². The van der Waals surface area contributed by atoms with Crippen LogP contribution in [0.1, 0.15) is 18.5 Å². The third kappa shape index (κ3) is 3.82. The maximum Gasteiger partial charge on any atom is 0.244 e. The number of halogens is 2. The highest BCUT2D eigenvalue weighted by atomic mass is 32.2. The van der Waals surface area contributed by atoms with Gasteiger partial charge in [0.05, 0.1) is 14.2 Å². The van der Waals surface area contributed by atoms with E-state index >= 15 is 0 Å². The van der Waals surface area contributed by atoms with E-state index in [1.165, 1.54) is 39.3 Å². The minimum absolute atomic E-state index is 0.112. The van der Waals surface area contributed by atoms with Crippen molar-refractivity contribution in [2.45, 2.75) is 17.9 Å². The van der Waals surface area contributed by atoms with Crippen LogP contribution in [0.5, 0.6) is 11.5 Å². The SMILES string of the molecule is COc1ccc(OC)c(S(=O)(=O)NC(C)c2ccc(F)c(F)c2)c1. The Kier molecular flexibility index (Phi) is 5.40. The molecule has 0 aliphatic carbocycles. The van der Waals surface area contributed by atoms with Crippen LogP contribution in [0, 0.1) is 11.6 Å². The van der Waals surface area contributed by atoms with Crippen LogP contribution in [0.2, 0.25) is 0 Å². The molecule has 0 fully saturated rings. The summed E-state index contributed by atoms with van der Waals surface area (Å²) in [6, 6.07) is 6.79. The second-order valence-electron chi connectivity index (χ2n) is 5.03. The summed E-state index contributed by atoms with van der Waals surface area (Å²) in [5.41, 5.74) is 0.291. The second kappa shape index (κ2) is 7.14. The third-order valence-corrected chi connectivity index (χ3v) is 5.00. The van der Waals surface area contributed by atoms with Gasteiger partial charge in [-0.05, 0) is 36.8 Å². The first-order valence-electron chi connectivity index (χ1n) is 6.98. The summed E-state index contributed by atoms with van der Waals surface area (Å²) in [5, 5.41) is 0. The fourth-order valence-corrected chi connectivity index (χ4v) is 3.56. The number of benzene rings is 2. The van der Waals surface area contributed by atoms with Crippen molar-refractivity contribution in [1.82, 2.24) is 4.72 Å². The molecular weight excluding hydrogens is 340 g/mol. The predicted molar refractivity (Wildman–Crippen MR) is 84.6 cm³/mol. The van der Waals surface area contributed by atoms with Gasteiger partial charge in [0.25, 0.3) is 0 Å². The van der Waals surface area contributed by atoms with E-state index in [0.717, 1.165) is 12.1 Å². The van der Waals surface area contributed by atoms with Crippen LogP contribution in [0.3, 0.4) is 0 Å². The minimum Gasteiger partial charge on any atom is -0.497 e. The van der Waals surface area contributed by atoms with E-state index in [4.69, 9.17) is 9.47 Å². The standard InChI is InChI=1S/C16H17F2NO4S/c1-10(11-4-6-13(17)14(18)8-11)19-24(20,21)16-9-12(22-2)5-7-15(16)23-3/h4-10,19H,1-3H3. The molecule has 1 unspecified atom stereocenters. The lowest BCUT2D eigenvalue weighted by Crippen LogP contribution is -2.27. The number of rotatable bonds is 6. The van der Waals surface area contributed by atoms with Crippen LogP contribution in [0.4, 0.5) is 8.78 Å². The Morgan fingerprint density at radius 2 is 1.71 bits per heavy atom. The molecule has 5 nitrogen and oxygen atoms in total. The van der Waals surface area contributed by atoms with Gasteiger partial charge in [0.15, 0.2) is 11.6 Å². The molecule has 2 aromatic carbocycles. The summed E-state index contributed by atoms with van der Waals surface area (Å²) in [7, 11) is -1.22. The second-order valence-corrected chi connectivity index (χ2v) is 6.72. The molecule has 130 valence electrons. The Labute approximate surface area is 139 Å². The zero-order valence-electron chi connectivity index (χ0n) is 13.3. The average Bonchev–Trinajstić information content (AvgIpc) is 2.56. The van der Waals surface area contributed by atoms with Crippen LogP contribution in [0.15, 0.2) is 41.3 Å². The van der Waals surface area contributed by atoms with Gasteiger partial charge in [-0.1, -0.05) is 6.07 Å². The van der Waals surface area contributed by atoms with Gasteiger partial charge in [-0.15, -0.1) is 0 Å². The van der Waals surface area contributed by atoms with E-state index < -0.39 is 27.7 Å². The zero-order valence-corrected chi connectivity index (χ0v) is 14.2. The summed E-state index contributed by atoms with van der Waals surface area (Å²) in [6.45, 7) is 1.52. The lowest BCUT2D eigenvalue weighted by molar-refractivity contribution is 0.391. The Bertz CT molecular complexity index is 840. The summed E-state index contributed by atoms with van der Waals surface area (Å²) >= 11 is 0. The van der Waals surface area contributed by atoms with Crippen molar-refractivity contribution < 1.29 is 26.7 Å². The van der Waals surface area contributed by atoms with Gasteiger partial charge in [0, 0.05) is 12.1 Å². The van der Waals surface area contributed by atoms with Gasteiger partial charge in [0.1, 0.15) is 16.4 Å². The molecule has 0 aliphatic heterocycles. The molecule has 0 spiro atoms. The number of nitrogens with one attached hydrogen (secondary N) is 1. The third-order valence-electron chi connectivity index (χ3n) is 3.44. The minimum atomic E-state index is -3.98. The van der Waals surface area contributed by atoms with Gasteiger partial charge in [-0.2, -0.15) is 0 Å². The highest BCUT2D eigenvalue weighted by Gasteiger charge is 2.23. The predicted octanol–water partition coefficient (Wildman–Crippen LogP) is 3.02. The van der Waals surface area contributed by atoms with Crippen molar-refractivity contribution >= 4 is 10.0 Å². The Hall–Kier alpha value is -2.19. The number of hydrogen-bond donors (Lipinski definition) is 1. The smallest absolute Gasteiger partial charge is 0.244 e. The normalized spacial score (nSPS) is 12.7. The topological polar surface area (TPSA) is 64.6 Å². The molecule has 0 saturated carbocycles. The fourth-order valence-electron chi connectivity index (χ4n) is 2.14. The molecule has 1 atom stereocenters. The maximum atomic E-state index is 13.3. The van der Waals surface area contributed by atoms with Gasteiger partial charge in [-0.3, -0.25) is 0 Å².